The molecular formula is C25H35FN2O2. The third-order valence-electron chi connectivity index (χ3n) is 7.97. The molecular weight excluding hydrogens is 379 g/mol. The van der Waals surface area contributed by atoms with E-state index in [-0.39, 0.29) is 24.0 Å². The first kappa shape index (κ1) is 21.4. The van der Waals surface area contributed by atoms with Crippen LogP contribution in [0.25, 0.3) is 0 Å². The van der Waals surface area contributed by atoms with Gasteiger partial charge in [0.15, 0.2) is 0 Å². The minimum atomic E-state index is -0.151. The Morgan fingerprint density at radius 1 is 1.13 bits per heavy atom. The number of rotatable bonds is 7. The van der Waals surface area contributed by atoms with Gasteiger partial charge in [0.2, 0.25) is 5.91 Å². The average molecular weight is 415 g/mol. The summed E-state index contributed by atoms with van der Waals surface area (Å²) in [5, 5.41) is 3.35. The Morgan fingerprint density at radius 2 is 1.73 bits per heavy atom. The summed E-state index contributed by atoms with van der Waals surface area (Å²) in [5.74, 6) is 1.03. The number of halogens is 1. The Bertz CT molecular complexity index is 782. The van der Waals surface area contributed by atoms with Crippen LogP contribution in [0.2, 0.25) is 0 Å². The molecule has 5 rings (SSSR count). The summed E-state index contributed by atoms with van der Waals surface area (Å²) in [6.07, 6.45) is 8.86. The van der Waals surface area contributed by atoms with Gasteiger partial charge in [-0.15, -0.1) is 0 Å². The third-order valence-corrected chi connectivity index (χ3v) is 7.97. The summed E-state index contributed by atoms with van der Waals surface area (Å²) >= 11 is 0. The van der Waals surface area contributed by atoms with Crippen LogP contribution in [0, 0.1) is 10.8 Å². The van der Waals surface area contributed by atoms with E-state index in [1.807, 2.05) is 12.1 Å². The van der Waals surface area contributed by atoms with E-state index in [4.69, 9.17) is 10.5 Å². The highest BCUT2D eigenvalue weighted by molar-refractivity contribution is 5.83. The molecule has 2 bridgehead atoms. The molecule has 4 nitrogen and oxygen atoms in total. The maximum Gasteiger partial charge on any atom is 0.226 e. The number of hydrogen-bond acceptors (Lipinski definition) is 3. The largest absolute Gasteiger partial charge is 0.489 e. The Labute approximate surface area is 179 Å². The summed E-state index contributed by atoms with van der Waals surface area (Å²) in [7, 11) is 0. The molecule has 1 amide bonds. The number of amides is 1. The lowest BCUT2D eigenvalue weighted by Crippen LogP contribution is -2.56. The van der Waals surface area contributed by atoms with E-state index in [9.17, 15) is 9.18 Å². The maximum absolute atomic E-state index is 13.1. The van der Waals surface area contributed by atoms with Crippen molar-refractivity contribution in [2.45, 2.75) is 76.7 Å². The van der Waals surface area contributed by atoms with Crippen molar-refractivity contribution >= 4 is 5.91 Å². The summed E-state index contributed by atoms with van der Waals surface area (Å²) in [5.41, 5.74) is 7.67. The molecule has 0 aromatic heterocycles. The van der Waals surface area contributed by atoms with Gasteiger partial charge in [0.05, 0.1) is 6.33 Å². The number of nitrogens with two attached hydrogens (primary N) is 1. The molecule has 0 unspecified atom stereocenters. The van der Waals surface area contributed by atoms with Gasteiger partial charge in [-0.3, -0.25) is 4.79 Å². The molecule has 4 aliphatic rings. The average Bonchev–Trinajstić information content (AvgIpc) is 2.75. The van der Waals surface area contributed by atoms with Crippen LogP contribution in [-0.2, 0) is 10.2 Å². The first-order valence-electron chi connectivity index (χ1n) is 11.3. The molecule has 30 heavy (non-hydrogen) atoms. The van der Waals surface area contributed by atoms with E-state index in [2.05, 4.69) is 31.3 Å². The van der Waals surface area contributed by atoms with Crippen LogP contribution in [0.4, 0.5) is 4.39 Å². The lowest BCUT2D eigenvalue weighted by Gasteiger charge is -2.54. The fraction of sp³-hybridized carbons (Fsp3) is 0.640. The van der Waals surface area contributed by atoms with E-state index < -0.39 is 0 Å². The van der Waals surface area contributed by atoms with Gasteiger partial charge in [0.1, 0.15) is 12.4 Å². The van der Waals surface area contributed by atoms with Crippen molar-refractivity contribution in [3.63, 3.8) is 0 Å². The van der Waals surface area contributed by atoms with Crippen LogP contribution < -0.4 is 15.8 Å². The van der Waals surface area contributed by atoms with Crippen LogP contribution >= 0.6 is 0 Å². The number of hydrogen-bond donors (Lipinski definition) is 2. The highest BCUT2D eigenvalue weighted by Crippen LogP contribution is 2.58. The number of nitrogens with one attached hydrogen (secondary N) is 1. The highest BCUT2D eigenvalue weighted by Gasteiger charge is 2.53. The molecule has 4 fully saturated rings. The van der Waals surface area contributed by atoms with Gasteiger partial charge in [-0.2, -0.15) is 0 Å². The van der Waals surface area contributed by atoms with E-state index in [0.717, 1.165) is 57.1 Å². The Balaban J connectivity index is 1.35. The second kappa shape index (κ2) is 7.99. The standard InChI is InChI=1S/C25H35FN2O2/c1-23(2)13-20(14-23)28-22(29)25-10-7-24(8-11-25,9-12-25)19-3-5-21(6-4-19)30-17-18(15-26)16-27/h3-6,15,20H,7-14,16-17,27H2,1-2H3,(H,28,29)/b18-15+. The van der Waals surface area contributed by atoms with Crippen LogP contribution in [0.15, 0.2) is 36.2 Å². The van der Waals surface area contributed by atoms with E-state index >= 15 is 0 Å². The maximum atomic E-state index is 13.1. The number of carbonyl (C=O) groups excluding carboxylic acids is 1. The van der Waals surface area contributed by atoms with Gasteiger partial charge < -0.3 is 15.8 Å². The molecule has 0 aliphatic heterocycles. The van der Waals surface area contributed by atoms with E-state index in [0.29, 0.717) is 29.3 Å². The van der Waals surface area contributed by atoms with Gasteiger partial charge in [0, 0.05) is 23.6 Å². The van der Waals surface area contributed by atoms with Gasteiger partial charge in [-0.25, -0.2) is 4.39 Å². The van der Waals surface area contributed by atoms with Crippen molar-refractivity contribution in [2.24, 2.45) is 16.6 Å². The normalized spacial score (nSPS) is 30.6. The SMILES string of the molecule is CC1(C)CC(NC(=O)C23CCC(c4ccc(OC/C(=C/F)CN)cc4)(CC2)CC3)C1. The second-order valence-corrected chi connectivity index (χ2v) is 10.6. The van der Waals surface area contributed by atoms with Gasteiger partial charge in [-0.1, -0.05) is 26.0 Å². The number of fused-ring (bicyclic) bond motifs is 3. The zero-order valence-corrected chi connectivity index (χ0v) is 18.3. The summed E-state index contributed by atoms with van der Waals surface area (Å²) in [4.78, 5) is 13.1. The van der Waals surface area contributed by atoms with Gasteiger partial charge >= 0.3 is 0 Å². The van der Waals surface area contributed by atoms with Crippen molar-refractivity contribution in [3.8, 4) is 5.75 Å². The Kier molecular flexibility index (Phi) is 5.69. The van der Waals surface area contributed by atoms with Crippen LogP contribution in [-0.4, -0.2) is 25.1 Å². The van der Waals surface area contributed by atoms with Crippen LogP contribution in [0.3, 0.4) is 0 Å². The lowest BCUT2D eigenvalue weighted by molar-refractivity contribution is -0.140. The fourth-order valence-corrected chi connectivity index (χ4v) is 5.89. The molecule has 1 aromatic carbocycles. The number of carbonyl (C=O) groups is 1. The summed E-state index contributed by atoms with van der Waals surface area (Å²) in [6.45, 7) is 4.88. The molecule has 4 saturated carbocycles. The van der Waals surface area contributed by atoms with Gasteiger partial charge in [0.25, 0.3) is 0 Å². The molecule has 4 aliphatic carbocycles. The molecule has 0 radical (unpaired) electrons. The van der Waals surface area contributed by atoms with Crippen molar-refractivity contribution in [3.05, 3.63) is 41.7 Å². The monoisotopic (exact) mass is 414 g/mol. The predicted molar refractivity (Wildman–Crippen MR) is 117 cm³/mol. The molecule has 164 valence electrons. The quantitative estimate of drug-likeness (QED) is 0.675. The van der Waals surface area contributed by atoms with Gasteiger partial charge in [-0.05, 0) is 79.9 Å². The minimum Gasteiger partial charge on any atom is -0.489 e. The molecule has 0 saturated heterocycles. The highest BCUT2D eigenvalue weighted by atomic mass is 19.1. The summed E-state index contributed by atoms with van der Waals surface area (Å²) in [6, 6.07) is 8.60. The first-order valence-corrected chi connectivity index (χ1v) is 11.3. The van der Waals surface area contributed by atoms with Crippen LogP contribution in [0.5, 0.6) is 5.75 Å². The lowest BCUT2D eigenvalue weighted by atomic mass is 9.51. The molecule has 0 heterocycles. The molecule has 5 heteroatoms. The van der Waals surface area contributed by atoms with E-state index in [1.165, 1.54) is 5.56 Å². The summed E-state index contributed by atoms with van der Waals surface area (Å²) < 4.78 is 18.3. The second-order valence-electron chi connectivity index (χ2n) is 10.6. The first-order chi connectivity index (χ1) is 14.3. The number of ether oxygens (including phenoxy) is 1. The fourth-order valence-electron chi connectivity index (χ4n) is 5.89. The zero-order chi connectivity index (χ0) is 21.4. The zero-order valence-electron chi connectivity index (χ0n) is 18.3. The third kappa shape index (κ3) is 4.01. The van der Waals surface area contributed by atoms with Crippen molar-refractivity contribution in [1.82, 2.24) is 5.32 Å². The molecule has 0 atom stereocenters. The predicted octanol–water partition coefficient (Wildman–Crippen LogP) is 4.77. The Morgan fingerprint density at radius 3 is 2.23 bits per heavy atom. The molecule has 0 spiro atoms. The van der Waals surface area contributed by atoms with E-state index in [1.54, 1.807) is 0 Å². The smallest absolute Gasteiger partial charge is 0.226 e. The number of benzene rings is 1. The molecule has 1 aromatic rings. The Hall–Kier alpha value is -1.88. The van der Waals surface area contributed by atoms with Crippen LogP contribution in [0.1, 0.15) is 70.8 Å². The van der Waals surface area contributed by atoms with Crippen molar-refractivity contribution < 1.29 is 13.9 Å². The van der Waals surface area contributed by atoms with Crippen molar-refractivity contribution in [2.75, 3.05) is 13.2 Å². The topological polar surface area (TPSA) is 64.3 Å². The molecule has 3 N–H and O–H groups in total. The minimum absolute atomic E-state index is 0.151. The van der Waals surface area contributed by atoms with Crippen molar-refractivity contribution in [1.29, 1.82) is 0 Å².